The fraction of sp³-hybridized carbons (Fsp3) is 0.300. The smallest absolute Gasteiger partial charge is 0.325 e. The lowest BCUT2D eigenvalue weighted by molar-refractivity contribution is -0.143. The Bertz CT molecular complexity index is 744. The Morgan fingerprint density at radius 2 is 1.63 bits per heavy atom. The van der Waals surface area contributed by atoms with Crippen LogP contribution < -0.4 is 19.5 Å². The number of methoxy groups -OCH3 is 1. The fourth-order valence-electron chi connectivity index (χ4n) is 2.18. The van der Waals surface area contributed by atoms with Gasteiger partial charge in [0.2, 0.25) is 0 Å². The van der Waals surface area contributed by atoms with E-state index in [0.717, 1.165) is 5.75 Å². The number of esters is 1. The Balaban J connectivity index is 1.65. The molecule has 0 spiro atoms. The van der Waals surface area contributed by atoms with Gasteiger partial charge in [0.1, 0.15) is 37.0 Å². The van der Waals surface area contributed by atoms with Crippen molar-refractivity contribution in [2.24, 2.45) is 0 Å². The second-order valence-electron chi connectivity index (χ2n) is 5.39. The topological polar surface area (TPSA) is 83.1 Å². The second kappa shape index (κ2) is 10.7. The lowest BCUT2D eigenvalue weighted by atomic mass is 10.2. The van der Waals surface area contributed by atoms with E-state index >= 15 is 0 Å². The molecular formula is C20H23NO6. The van der Waals surface area contributed by atoms with Crippen LogP contribution in [-0.4, -0.2) is 45.4 Å². The van der Waals surface area contributed by atoms with Crippen LogP contribution in [0.1, 0.15) is 17.3 Å². The quantitative estimate of drug-likeness (QED) is 0.509. The Kier molecular flexibility index (Phi) is 7.96. The van der Waals surface area contributed by atoms with Gasteiger partial charge in [0.15, 0.2) is 0 Å². The highest BCUT2D eigenvalue weighted by molar-refractivity contribution is 5.96. The number of rotatable bonds is 10. The predicted molar refractivity (Wildman–Crippen MR) is 99.4 cm³/mol. The van der Waals surface area contributed by atoms with E-state index in [4.69, 9.17) is 18.9 Å². The molecule has 27 heavy (non-hydrogen) atoms. The highest BCUT2D eigenvalue weighted by Crippen LogP contribution is 2.17. The van der Waals surface area contributed by atoms with E-state index in [9.17, 15) is 9.59 Å². The predicted octanol–water partition coefficient (Wildman–Crippen LogP) is 2.45. The molecule has 0 fully saturated rings. The van der Waals surface area contributed by atoms with E-state index in [0.29, 0.717) is 23.7 Å². The third-order valence-electron chi connectivity index (χ3n) is 3.48. The normalized spacial score (nSPS) is 10.0. The standard InChI is InChI=1S/C20H23NO6/c1-3-25-16-7-9-17(10-8-16)26-11-12-27-19(22)14-21-20(23)15-5-4-6-18(13-15)24-2/h4-10,13H,3,11-12,14H2,1-2H3,(H,21,23). The molecule has 7 nitrogen and oxygen atoms in total. The molecule has 7 heteroatoms. The average Bonchev–Trinajstić information content (AvgIpc) is 2.71. The number of benzene rings is 2. The molecule has 1 N–H and O–H groups in total. The van der Waals surface area contributed by atoms with Gasteiger partial charge in [0.05, 0.1) is 13.7 Å². The zero-order valence-corrected chi connectivity index (χ0v) is 15.4. The molecule has 1 amide bonds. The van der Waals surface area contributed by atoms with Crippen molar-refractivity contribution in [2.45, 2.75) is 6.92 Å². The minimum Gasteiger partial charge on any atom is -0.497 e. The largest absolute Gasteiger partial charge is 0.497 e. The molecule has 0 atom stereocenters. The SMILES string of the molecule is CCOc1ccc(OCCOC(=O)CNC(=O)c2cccc(OC)c2)cc1. The number of ether oxygens (including phenoxy) is 4. The molecule has 2 aromatic rings. The minimum atomic E-state index is -0.540. The van der Waals surface area contributed by atoms with Gasteiger partial charge in [-0.05, 0) is 49.4 Å². The van der Waals surface area contributed by atoms with Crippen LogP contribution in [0.2, 0.25) is 0 Å². The summed E-state index contributed by atoms with van der Waals surface area (Å²) in [5.41, 5.74) is 0.404. The van der Waals surface area contributed by atoms with Crippen molar-refractivity contribution in [1.29, 1.82) is 0 Å². The van der Waals surface area contributed by atoms with Crippen LogP contribution in [0.5, 0.6) is 17.2 Å². The van der Waals surface area contributed by atoms with Gasteiger partial charge in [-0.1, -0.05) is 6.07 Å². The summed E-state index contributed by atoms with van der Waals surface area (Å²) in [7, 11) is 1.52. The van der Waals surface area contributed by atoms with Crippen molar-refractivity contribution in [3.05, 3.63) is 54.1 Å². The molecule has 0 aliphatic carbocycles. The monoisotopic (exact) mass is 373 g/mol. The summed E-state index contributed by atoms with van der Waals surface area (Å²) in [5.74, 6) is 1.07. The van der Waals surface area contributed by atoms with Crippen molar-refractivity contribution in [2.75, 3.05) is 33.5 Å². The molecule has 2 rings (SSSR count). The van der Waals surface area contributed by atoms with E-state index in [-0.39, 0.29) is 25.7 Å². The molecule has 0 saturated heterocycles. The van der Waals surface area contributed by atoms with Gasteiger partial charge in [-0.2, -0.15) is 0 Å². The van der Waals surface area contributed by atoms with Gasteiger partial charge in [0, 0.05) is 5.56 Å². The van der Waals surface area contributed by atoms with Gasteiger partial charge in [-0.3, -0.25) is 9.59 Å². The summed E-state index contributed by atoms with van der Waals surface area (Å²) in [5, 5.41) is 2.50. The lowest BCUT2D eigenvalue weighted by Gasteiger charge is -2.09. The Hall–Kier alpha value is -3.22. The average molecular weight is 373 g/mol. The maximum absolute atomic E-state index is 12.0. The first-order chi connectivity index (χ1) is 13.1. The first kappa shape index (κ1) is 20.1. The summed E-state index contributed by atoms with van der Waals surface area (Å²) >= 11 is 0. The van der Waals surface area contributed by atoms with Crippen molar-refractivity contribution in [3.8, 4) is 17.2 Å². The van der Waals surface area contributed by atoms with Crippen molar-refractivity contribution in [3.63, 3.8) is 0 Å². The molecular weight excluding hydrogens is 350 g/mol. The van der Waals surface area contributed by atoms with E-state index in [1.165, 1.54) is 7.11 Å². The summed E-state index contributed by atoms with van der Waals surface area (Å²) in [6.07, 6.45) is 0. The first-order valence-corrected chi connectivity index (χ1v) is 8.56. The van der Waals surface area contributed by atoms with Gasteiger partial charge in [-0.25, -0.2) is 0 Å². The first-order valence-electron chi connectivity index (χ1n) is 8.56. The third kappa shape index (κ3) is 6.89. The Morgan fingerprint density at radius 3 is 2.30 bits per heavy atom. The molecule has 144 valence electrons. The molecule has 0 radical (unpaired) electrons. The minimum absolute atomic E-state index is 0.0844. The second-order valence-corrected chi connectivity index (χ2v) is 5.39. The van der Waals surface area contributed by atoms with Gasteiger partial charge < -0.3 is 24.3 Å². The fourth-order valence-corrected chi connectivity index (χ4v) is 2.18. The maximum Gasteiger partial charge on any atom is 0.325 e. The number of hydrogen-bond donors (Lipinski definition) is 1. The third-order valence-corrected chi connectivity index (χ3v) is 3.48. The van der Waals surface area contributed by atoms with Gasteiger partial charge >= 0.3 is 5.97 Å². The number of amides is 1. The molecule has 0 saturated carbocycles. The van der Waals surface area contributed by atoms with Crippen LogP contribution in [0.4, 0.5) is 0 Å². The molecule has 0 heterocycles. The number of carbonyl (C=O) groups excluding carboxylic acids is 2. The summed E-state index contributed by atoms with van der Waals surface area (Å²) < 4.78 is 20.9. The zero-order valence-electron chi connectivity index (χ0n) is 15.4. The van der Waals surface area contributed by atoms with Crippen molar-refractivity contribution >= 4 is 11.9 Å². The zero-order chi connectivity index (χ0) is 19.5. The number of hydrogen-bond acceptors (Lipinski definition) is 6. The Morgan fingerprint density at radius 1 is 0.926 bits per heavy atom. The summed E-state index contributed by atoms with van der Waals surface area (Å²) in [4.78, 5) is 23.7. The number of nitrogens with one attached hydrogen (secondary N) is 1. The molecule has 0 unspecified atom stereocenters. The van der Waals surface area contributed by atoms with Gasteiger partial charge in [0.25, 0.3) is 5.91 Å². The van der Waals surface area contributed by atoms with E-state index in [1.54, 1.807) is 48.5 Å². The van der Waals surface area contributed by atoms with Crippen LogP contribution in [-0.2, 0) is 9.53 Å². The van der Waals surface area contributed by atoms with Crippen molar-refractivity contribution in [1.82, 2.24) is 5.32 Å². The highest BCUT2D eigenvalue weighted by Gasteiger charge is 2.09. The van der Waals surface area contributed by atoms with E-state index in [2.05, 4.69) is 5.32 Å². The molecule has 0 aliphatic heterocycles. The lowest BCUT2D eigenvalue weighted by Crippen LogP contribution is -2.31. The van der Waals surface area contributed by atoms with E-state index in [1.807, 2.05) is 6.92 Å². The van der Waals surface area contributed by atoms with Crippen molar-refractivity contribution < 1.29 is 28.5 Å². The van der Waals surface area contributed by atoms with Crippen LogP contribution in [0.25, 0.3) is 0 Å². The highest BCUT2D eigenvalue weighted by atomic mass is 16.6. The maximum atomic E-state index is 12.0. The van der Waals surface area contributed by atoms with Crippen LogP contribution in [0.15, 0.2) is 48.5 Å². The molecule has 0 aromatic heterocycles. The van der Waals surface area contributed by atoms with Crippen LogP contribution in [0, 0.1) is 0 Å². The van der Waals surface area contributed by atoms with Crippen LogP contribution in [0.3, 0.4) is 0 Å². The Labute approximate surface area is 158 Å². The molecule has 2 aromatic carbocycles. The summed E-state index contributed by atoms with van der Waals surface area (Å²) in [6, 6.07) is 13.8. The molecule has 0 aliphatic rings. The summed E-state index contributed by atoms with van der Waals surface area (Å²) in [6.45, 7) is 2.59. The van der Waals surface area contributed by atoms with E-state index < -0.39 is 5.97 Å². The van der Waals surface area contributed by atoms with Gasteiger partial charge in [-0.15, -0.1) is 0 Å². The number of carbonyl (C=O) groups is 2. The van der Waals surface area contributed by atoms with Crippen LogP contribution >= 0.6 is 0 Å². The molecule has 0 bridgehead atoms.